The number of hydrogen-bond donors (Lipinski definition) is 0. The summed E-state index contributed by atoms with van der Waals surface area (Å²) in [4.78, 5) is 33.5. The minimum atomic E-state index is -1.20. The number of anilines is 1. The average molecular weight is 399 g/mol. The zero-order chi connectivity index (χ0) is 19.7. The standard InChI is InChI=1S/C20H21N3O4S/c1-22-18(24)20(28-19(22)25,14-7-3-4-8-15(14)26-2)16-13-23(11-12-27-16)17-9-5-6-10-21-17/h3-10,16H,11-13H2,1-2H3. The Kier molecular flexibility index (Phi) is 4.99. The number of benzene rings is 1. The van der Waals surface area contributed by atoms with Gasteiger partial charge in [0.1, 0.15) is 17.7 Å². The molecule has 2 aliphatic rings. The molecule has 0 N–H and O–H groups in total. The number of carbonyl (C=O) groups is 2. The van der Waals surface area contributed by atoms with Crippen molar-refractivity contribution in [3.63, 3.8) is 0 Å². The summed E-state index contributed by atoms with van der Waals surface area (Å²) >= 11 is 1.00. The molecule has 146 valence electrons. The van der Waals surface area contributed by atoms with E-state index in [-0.39, 0.29) is 11.1 Å². The van der Waals surface area contributed by atoms with Gasteiger partial charge in [0.25, 0.3) is 11.1 Å². The van der Waals surface area contributed by atoms with Crippen molar-refractivity contribution in [1.82, 2.24) is 9.88 Å². The van der Waals surface area contributed by atoms with Crippen LogP contribution in [0.15, 0.2) is 48.7 Å². The number of para-hydroxylation sites is 1. The van der Waals surface area contributed by atoms with Crippen molar-refractivity contribution in [2.45, 2.75) is 10.9 Å². The van der Waals surface area contributed by atoms with Gasteiger partial charge in [0.2, 0.25) is 0 Å². The van der Waals surface area contributed by atoms with Crippen LogP contribution in [0.4, 0.5) is 10.6 Å². The molecule has 7 nitrogen and oxygen atoms in total. The van der Waals surface area contributed by atoms with Gasteiger partial charge in [-0.3, -0.25) is 14.5 Å². The molecule has 2 atom stereocenters. The zero-order valence-corrected chi connectivity index (χ0v) is 16.5. The second-order valence-corrected chi connectivity index (χ2v) is 7.86. The minimum Gasteiger partial charge on any atom is -0.496 e. The maximum absolute atomic E-state index is 13.4. The molecule has 0 radical (unpaired) electrons. The lowest BCUT2D eigenvalue weighted by Crippen LogP contribution is -2.55. The van der Waals surface area contributed by atoms with Gasteiger partial charge in [-0.1, -0.05) is 24.3 Å². The fourth-order valence-electron chi connectivity index (χ4n) is 3.72. The van der Waals surface area contributed by atoms with Gasteiger partial charge in [0.15, 0.2) is 4.75 Å². The number of methoxy groups -OCH3 is 1. The second kappa shape index (κ2) is 7.44. The minimum absolute atomic E-state index is 0.292. The van der Waals surface area contributed by atoms with E-state index in [1.165, 1.54) is 11.9 Å². The number of imide groups is 1. The number of thioether (sulfide) groups is 1. The van der Waals surface area contributed by atoms with Crippen molar-refractivity contribution in [1.29, 1.82) is 0 Å². The van der Waals surface area contributed by atoms with Crippen LogP contribution in [0.3, 0.4) is 0 Å². The van der Waals surface area contributed by atoms with Crippen molar-refractivity contribution in [3.8, 4) is 5.75 Å². The number of morpholine rings is 1. The lowest BCUT2D eigenvalue weighted by Gasteiger charge is -2.41. The Labute approximate surface area is 167 Å². The maximum atomic E-state index is 13.4. The first-order valence-corrected chi connectivity index (χ1v) is 9.81. The molecule has 4 rings (SSSR count). The molecule has 0 aliphatic carbocycles. The van der Waals surface area contributed by atoms with Crippen LogP contribution >= 0.6 is 11.8 Å². The largest absolute Gasteiger partial charge is 0.496 e. The van der Waals surface area contributed by atoms with Gasteiger partial charge in [-0.25, -0.2) is 4.98 Å². The van der Waals surface area contributed by atoms with Crippen LogP contribution in [0, 0.1) is 0 Å². The summed E-state index contributed by atoms with van der Waals surface area (Å²) in [7, 11) is 3.07. The quantitative estimate of drug-likeness (QED) is 0.782. The van der Waals surface area contributed by atoms with Crippen LogP contribution in [-0.4, -0.2) is 61.0 Å². The van der Waals surface area contributed by atoms with Crippen LogP contribution in [-0.2, 0) is 14.3 Å². The number of carbonyl (C=O) groups excluding carboxylic acids is 2. The van der Waals surface area contributed by atoms with Crippen LogP contribution in [0.2, 0.25) is 0 Å². The van der Waals surface area contributed by atoms with Crippen molar-refractivity contribution in [3.05, 3.63) is 54.2 Å². The molecular formula is C20H21N3O4S. The predicted molar refractivity (Wildman–Crippen MR) is 107 cm³/mol. The van der Waals surface area contributed by atoms with E-state index in [1.54, 1.807) is 19.4 Å². The molecule has 2 unspecified atom stereocenters. The van der Waals surface area contributed by atoms with E-state index in [4.69, 9.17) is 9.47 Å². The monoisotopic (exact) mass is 399 g/mol. The summed E-state index contributed by atoms with van der Waals surface area (Å²) in [5.41, 5.74) is 0.651. The third kappa shape index (κ3) is 2.93. The number of aromatic nitrogens is 1. The maximum Gasteiger partial charge on any atom is 0.289 e. The van der Waals surface area contributed by atoms with Crippen LogP contribution in [0.1, 0.15) is 5.56 Å². The lowest BCUT2D eigenvalue weighted by atomic mass is 9.89. The highest BCUT2D eigenvalue weighted by molar-refractivity contribution is 8.15. The highest BCUT2D eigenvalue weighted by atomic mass is 32.2. The summed E-state index contributed by atoms with van der Waals surface area (Å²) in [5.74, 6) is 1.09. The number of pyridine rings is 1. The van der Waals surface area contributed by atoms with Crippen molar-refractivity contribution in [2.75, 3.05) is 38.8 Å². The third-order valence-corrected chi connectivity index (χ3v) is 6.57. The summed E-state index contributed by atoms with van der Waals surface area (Å²) in [6, 6.07) is 13.0. The lowest BCUT2D eigenvalue weighted by molar-refractivity contribution is -0.133. The molecule has 0 saturated carbocycles. The number of nitrogens with zero attached hydrogens (tertiary/aromatic N) is 3. The molecule has 2 aliphatic heterocycles. The van der Waals surface area contributed by atoms with Crippen molar-refractivity contribution >= 4 is 28.7 Å². The molecule has 28 heavy (non-hydrogen) atoms. The van der Waals surface area contributed by atoms with Gasteiger partial charge >= 0.3 is 0 Å². The first kappa shape index (κ1) is 18.8. The fourth-order valence-corrected chi connectivity index (χ4v) is 5.00. The SMILES string of the molecule is COc1ccccc1C1(C2CN(c3ccccn3)CCO2)SC(=O)N(C)C1=O. The van der Waals surface area contributed by atoms with Gasteiger partial charge in [-0.2, -0.15) is 0 Å². The normalized spacial score (nSPS) is 25.3. The van der Waals surface area contributed by atoms with Gasteiger partial charge in [-0.05, 0) is 30.0 Å². The molecule has 0 spiro atoms. The van der Waals surface area contributed by atoms with Gasteiger partial charge < -0.3 is 14.4 Å². The third-order valence-electron chi connectivity index (χ3n) is 5.14. The molecular weight excluding hydrogens is 378 g/mol. The highest BCUT2D eigenvalue weighted by Gasteiger charge is 2.60. The first-order valence-electron chi connectivity index (χ1n) is 9.00. The predicted octanol–water partition coefficient (Wildman–Crippen LogP) is 2.52. The number of ether oxygens (including phenoxy) is 2. The van der Waals surface area contributed by atoms with E-state index in [0.29, 0.717) is 31.0 Å². The Bertz CT molecular complexity index is 894. The summed E-state index contributed by atoms with van der Waals surface area (Å²) in [6.45, 7) is 1.54. The van der Waals surface area contributed by atoms with E-state index in [1.807, 2.05) is 36.4 Å². The van der Waals surface area contributed by atoms with Crippen LogP contribution in [0.25, 0.3) is 0 Å². The van der Waals surface area contributed by atoms with E-state index in [0.717, 1.165) is 17.6 Å². The topological polar surface area (TPSA) is 72.0 Å². The summed E-state index contributed by atoms with van der Waals surface area (Å²) in [6.07, 6.45) is 1.20. The Hall–Kier alpha value is -2.58. The van der Waals surface area contributed by atoms with Gasteiger partial charge in [-0.15, -0.1) is 0 Å². The van der Waals surface area contributed by atoms with Crippen molar-refractivity contribution < 1.29 is 19.1 Å². The van der Waals surface area contributed by atoms with Gasteiger partial charge in [0.05, 0.1) is 13.7 Å². The Morgan fingerprint density at radius 1 is 1.21 bits per heavy atom. The average Bonchev–Trinajstić information content (AvgIpc) is 2.99. The van der Waals surface area contributed by atoms with E-state index in [2.05, 4.69) is 9.88 Å². The molecule has 2 fully saturated rings. The number of hydrogen-bond acceptors (Lipinski definition) is 7. The number of likely N-dealkylation sites (N-methyl/N-ethyl adjacent to an activating group) is 1. The second-order valence-electron chi connectivity index (χ2n) is 6.66. The fraction of sp³-hybridized carbons (Fsp3) is 0.350. The smallest absolute Gasteiger partial charge is 0.289 e. The van der Waals surface area contributed by atoms with Crippen molar-refractivity contribution in [2.24, 2.45) is 0 Å². The zero-order valence-electron chi connectivity index (χ0n) is 15.7. The molecule has 1 aromatic carbocycles. The van der Waals surface area contributed by atoms with E-state index < -0.39 is 10.9 Å². The first-order chi connectivity index (χ1) is 13.6. The Balaban J connectivity index is 1.78. The molecule has 2 saturated heterocycles. The molecule has 2 aromatic rings. The van der Waals surface area contributed by atoms with Crippen LogP contribution < -0.4 is 9.64 Å². The number of rotatable bonds is 4. The van der Waals surface area contributed by atoms with Gasteiger partial charge in [0, 0.05) is 31.9 Å². The van der Waals surface area contributed by atoms with E-state index >= 15 is 0 Å². The Morgan fingerprint density at radius 3 is 2.68 bits per heavy atom. The number of amides is 2. The molecule has 3 heterocycles. The molecule has 2 amide bonds. The van der Waals surface area contributed by atoms with E-state index in [9.17, 15) is 9.59 Å². The van der Waals surface area contributed by atoms with Crippen LogP contribution in [0.5, 0.6) is 5.75 Å². The molecule has 8 heteroatoms. The summed E-state index contributed by atoms with van der Waals surface area (Å²) in [5, 5.41) is -0.297. The molecule has 0 bridgehead atoms. The Morgan fingerprint density at radius 2 is 2.00 bits per heavy atom. The summed E-state index contributed by atoms with van der Waals surface area (Å²) < 4.78 is 10.4. The highest BCUT2D eigenvalue weighted by Crippen LogP contribution is 2.52. The molecule has 1 aromatic heterocycles.